The largest absolute Gasteiger partial charge is 0.481 e. The van der Waals surface area contributed by atoms with E-state index in [9.17, 15) is 9.59 Å². The molecule has 2 unspecified atom stereocenters. The van der Waals surface area contributed by atoms with Gasteiger partial charge in [0.05, 0.1) is 12.0 Å². The van der Waals surface area contributed by atoms with Crippen molar-refractivity contribution in [2.45, 2.75) is 44.2 Å². The van der Waals surface area contributed by atoms with Crippen molar-refractivity contribution in [1.29, 1.82) is 0 Å². The monoisotopic (exact) mass is 270 g/mol. The minimum atomic E-state index is -0.761. The van der Waals surface area contributed by atoms with Crippen LogP contribution in [0.15, 0.2) is 0 Å². The number of carbonyl (C=O) groups excluding carboxylic acids is 1. The summed E-state index contributed by atoms with van der Waals surface area (Å²) in [6.07, 6.45) is 3.98. The number of hydrogen-bond donors (Lipinski definition) is 3. The molecule has 0 aromatic carbocycles. The number of amides is 1. The molecule has 0 spiro atoms. The van der Waals surface area contributed by atoms with Crippen LogP contribution in [0.3, 0.4) is 0 Å². The first-order valence-corrected chi connectivity index (χ1v) is 6.99. The molecule has 1 aliphatic heterocycles. The molecule has 0 aromatic rings. The van der Waals surface area contributed by atoms with Crippen LogP contribution in [0, 0.1) is 5.92 Å². The molecule has 6 heteroatoms. The first-order chi connectivity index (χ1) is 9.15. The standard InChI is InChI=1S/C13H22N2O4/c16-12(8-19-11-3-5-14-6-4-11)15-10-2-1-9(7-10)13(17)18/h9-11,14H,1-8H2,(H,15,16)(H,17,18). The van der Waals surface area contributed by atoms with Crippen molar-refractivity contribution in [3.63, 3.8) is 0 Å². The second-order valence-electron chi connectivity index (χ2n) is 5.37. The molecule has 2 aliphatic rings. The van der Waals surface area contributed by atoms with Gasteiger partial charge in [-0.25, -0.2) is 0 Å². The van der Waals surface area contributed by atoms with E-state index in [-0.39, 0.29) is 30.6 Å². The molecule has 3 N–H and O–H groups in total. The molecular formula is C13H22N2O4. The van der Waals surface area contributed by atoms with Gasteiger partial charge >= 0.3 is 5.97 Å². The Morgan fingerprint density at radius 1 is 1.21 bits per heavy atom. The van der Waals surface area contributed by atoms with Crippen LogP contribution in [0.4, 0.5) is 0 Å². The highest BCUT2D eigenvalue weighted by Gasteiger charge is 2.30. The van der Waals surface area contributed by atoms with Gasteiger partial charge in [-0.1, -0.05) is 0 Å². The molecule has 1 heterocycles. The molecule has 2 atom stereocenters. The summed E-state index contributed by atoms with van der Waals surface area (Å²) in [5.41, 5.74) is 0. The van der Waals surface area contributed by atoms with E-state index in [1.54, 1.807) is 0 Å². The van der Waals surface area contributed by atoms with Gasteiger partial charge in [0.1, 0.15) is 6.61 Å². The first kappa shape index (κ1) is 14.3. The predicted molar refractivity (Wildman–Crippen MR) is 68.8 cm³/mol. The third-order valence-electron chi connectivity index (χ3n) is 3.88. The quantitative estimate of drug-likeness (QED) is 0.660. The number of hydrogen-bond acceptors (Lipinski definition) is 4. The van der Waals surface area contributed by atoms with Crippen LogP contribution in [0.5, 0.6) is 0 Å². The molecule has 1 saturated heterocycles. The SMILES string of the molecule is O=C(COC1CCNCC1)NC1CCC(C(=O)O)C1. The van der Waals surface area contributed by atoms with Gasteiger partial charge in [-0.05, 0) is 45.2 Å². The molecule has 1 amide bonds. The summed E-state index contributed by atoms with van der Waals surface area (Å²) in [6.45, 7) is 1.96. The van der Waals surface area contributed by atoms with E-state index >= 15 is 0 Å². The number of nitrogens with one attached hydrogen (secondary N) is 2. The molecule has 19 heavy (non-hydrogen) atoms. The van der Waals surface area contributed by atoms with Gasteiger partial charge in [0, 0.05) is 6.04 Å². The van der Waals surface area contributed by atoms with E-state index < -0.39 is 5.97 Å². The molecule has 108 valence electrons. The van der Waals surface area contributed by atoms with Crippen molar-refractivity contribution in [2.75, 3.05) is 19.7 Å². The van der Waals surface area contributed by atoms with Crippen LogP contribution in [0.25, 0.3) is 0 Å². The molecule has 2 rings (SSSR count). The molecule has 0 radical (unpaired) electrons. The summed E-state index contributed by atoms with van der Waals surface area (Å²) in [5, 5.41) is 15.0. The third kappa shape index (κ3) is 4.47. The summed E-state index contributed by atoms with van der Waals surface area (Å²) in [4.78, 5) is 22.5. The van der Waals surface area contributed by atoms with Gasteiger partial charge in [0.15, 0.2) is 0 Å². The van der Waals surface area contributed by atoms with Crippen molar-refractivity contribution >= 4 is 11.9 Å². The number of carboxylic acids is 1. The van der Waals surface area contributed by atoms with Gasteiger partial charge < -0.3 is 20.5 Å². The van der Waals surface area contributed by atoms with Gasteiger partial charge in [-0.15, -0.1) is 0 Å². The second kappa shape index (κ2) is 6.86. The van der Waals surface area contributed by atoms with Crippen molar-refractivity contribution in [3.8, 4) is 0 Å². The molecule has 1 aliphatic carbocycles. The predicted octanol–water partition coefficient (Wildman–Crippen LogP) is 0.125. The van der Waals surface area contributed by atoms with E-state index in [1.165, 1.54) is 0 Å². The number of ether oxygens (including phenoxy) is 1. The molecule has 0 aromatic heterocycles. The van der Waals surface area contributed by atoms with Gasteiger partial charge in [0.25, 0.3) is 0 Å². The second-order valence-corrected chi connectivity index (χ2v) is 5.37. The number of carboxylic acid groups (broad SMARTS) is 1. The summed E-state index contributed by atoms with van der Waals surface area (Å²) in [6, 6.07) is -0.00905. The van der Waals surface area contributed by atoms with Gasteiger partial charge in [-0.2, -0.15) is 0 Å². The molecule has 1 saturated carbocycles. The van der Waals surface area contributed by atoms with Crippen molar-refractivity contribution in [1.82, 2.24) is 10.6 Å². The lowest BCUT2D eigenvalue weighted by Gasteiger charge is -2.23. The molecule has 6 nitrogen and oxygen atoms in total. The fourth-order valence-electron chi connectivity index (χ4n) is 2.76. The lowest BCUT2D eigenvalue weighted by molar-refractivity contribution is -0.141. The maximum Gasteiger partial charge on any atom is 0.306 e. The van der Waals surface area contributed by atoms with E-state index in [0.717, 1.165) is 32.4 Å². The highest BCUT2D eigenvalue weighted by Crippen LogP contribution is 2.25. The number of rotatable bonds is 5. The fraction of sp³-hybridized carbons (Fsp3) is 0.846. The normalized spacial score (nSPS) is 28.2. The smallest absolute Gasteiger partial charge is 0.306 e. The minimum absolute atomic E-state index is 0.00905. The Morgan fingerprint density at radius 3 is 2.58 bits per heavy atom. The number of piperidine rings is 1. The Balaban J connectivity index is 1.63. The van der Waals surface area contributed by atoms with E-state index in [0.29, 0.717) is 12.8 Å². The average molecular weight is 270 g/mol. The van der Waals surface area contributed by atoms with Crippen molar-refractivity contribution in [2.24, 2.45) is 5.92 Å². The minimum Gasteiger partial charge on any atom is -0.481 e. The molecule has 2 fully saturated rings. The van der Waals surface area contributed by atoms with Crippen molar-refractivity contribution < 1.29 is 19.4 Å². The Kier molecular flexibility index (Phi) is 5.15. The van der Waals surface area contributed by atoms with E-state index in [2.05, 4.69) is 10.6 Å². The zero-order valence-corrected chi connectivity index (χ0v) is 11.1. The zero-order chi connectivity index (χ0) is 13.7. The summed E-state index contributed by atoms with van der Waals surface area (Å²) < 4.78 is 5.56. The first-order valence-electron chi connectivity index (χ1n) is 6.99. The molecule has 0 bridgehead atoms. The van der Waals surface area contributed by atoms with E-state index in [4.69, 9.17) is 9.84 Å². The highest BCUT2D eigenvalue weighted by atomic mass is 16.5. The van der Waals surface area contributed by atoms with Crippen molar-refractivity contribution in [3.05, 3.63) is 0 Å². The molecular weight excluding hydrogens is 248 g/mol. The van der Waals surface area contributed by atoms with Crippen LogP contribution >= 0.6 is 0 Å². The Bertz CT molecular complexity index is 329. The van der Waals surface area contributed by atoms with Crippen LogP contribution in [0.2, 0.25) is 0 Å². The average Bonchev–Trinajstić information content (AvgIpc) is 2.86. The summed E-state index contributed by atoms with van der Waals surface area (Å²) in [5.74, 6) is -1.20. The number of carbonyl (C=O) groups is 2. The zero-order valence-electron chi connectivity index (χ0n) is 11.1. The van der Waals surface area contributed by atoms with Gasteiger partial charge in [-0.3, -0.25) is 9.59 Å². The summed E-state index contributed by atoms with van der Waals surface area (Å²) >= 11 is 0. The van der Waals surface area contributed by atoms with Gasteiger partial charge in [0.2, 0.25) is 5.91 Å². The highest BCUT2D eigenvalue weighted by molar-refractivity contribution is 5.78. The Labute approximate surface area is 112 Å². The van der Waals surface area contributed by atoms with Crippen LogP contribution in [-0.2, 0) is 14.3 Å². The topological polar surface area (TPSA) is 87.7 Å². The van der Waals surface area contributed by atoms with Crippen LogP contribution in [-0.4, -0.2) is 48.8 Å². The van der Waals surface area contributed by atoms with Crippen LogP contribution < -0.4 is 10.6 Å². The number of aliphatic carboxylic acids is 1. The third-order valence-corrected chi connectivity index (χ3v) is 3.88. The van der Waals surface area contributed by atoms with Crippen LogP contribution in [0.1, 0.15) is 32.1 Å². The lowest BCUT2D eigenvalue weighted by atomic mass is 10.1. The summed E-state index contributed by atoms with van der Waals surface area (Å²) in [7, 11) is 0. The Morgan fingerprint density at radius 2 is 1.95 bits per heavy atom. The lowest BCUT2D eigenvalue weighted by Crippen LogP contribution is -2.39. The fourth-order valence-corrected chi connectivity index (χ4v) is 2.76. The Hall–Kier alpha value is -1.14. The maximum absolute atomic E-state index is 11.7. The maximum atomic E-state index is 11.7. The van der Waals surface area contributed by atoms with E-state index in [1.807, 2.05) is 0 Å².